The lowest BCUT2D eigenvalue weighted by molar-refractivity contribution is -0.132. The highest BCUT2D eigenvalue weighted by molar-refractivity contribution is 6.07. The molecule has 0 radical (unpaired) electrons. The van der Waals surface area contributed by atoms with E-state index >= 15 is 0 Å². The Bertz CT molecular complexity index is 684. The summed E-state index contributed by atoms with van der Waals surface area (Å²) >= 11 is 0. The van der Waals surface area contributed by atoms with Crippen molar-refractivity contribution in [3.8, 4) is 0 Å². The van der Waals surface area contributed by atoms with E-state index in [0.717, 1.165) is 24.8 Å². The molecule has 0 atom stereocenters. The van der Waals surface area contributed by atoms with E-state index in [0.29, 0.717) is 25.8 Å². The Balaban J connectivity index is 1.43. The van der Waals surface area contributed by atoms with Crippen LogP contribution in [0, 0.1) is 5.82 Å². The fraction of sp³-hybridized carbons (Fsp3) is 0.526. The molecule has 1 aliphatic heterocycles. The highest BCUT2D eigenvalue weighted by Crippen LogP contribution is 2.33. The molecule has 1 saturated carbocycles. The predicted molar refractivity (Wildman–Crippen MR) is 93.8 cm³/mol. The molecule has 1 saturated heterocycles. The molecule has 1 aliphatic carbocycles. The number of nitrogens with zero attached hydrogens (tertiary/aromatic N) is 1. The molecule has 1 aromatic carbocycles. The van der Waals surface area contributed by atoms with E-state index in [4.69, 9.17) is 0 Å². The summed E-state index contributed by atoms with van der Waals surface area (Å²) in [5, 5.41) is 5.61. The van der Waals surface area contributed by atoms with Gasteiger partial charge < -0.3 is 10.6 Å². The number of carbonyl (C=O) groups excluding carboxylic acids is 3. The van der Waals surface area contributed by atoms with E-state index in [9.17, 15) is 18.8 Å². The van der Waals surface area contributed by atoms with Crippen molar-refractivity contribution in [2.24, 2.45) is 0 Å². The molecule has 1 heterocycles. The zero-order chi connectivity index (χ0) is 18.6. The molecule has 2 N–H and O–H groups in total. The van der Waals surface area contributed by atoms with E-state index in [-0.39, 0.29) is 30.6 Å². The second kappa shape index (κ2) is 7.85. The highest BCUT2D eigenvalue weighted by Gasteiger charge is 2.50. The molecule has 7 heteroatoms. The van der Waals surface area contributed by atoms with Gasteiger partial charge in [-0.15, -0.1) is 0 Å². The number of amides is 4. The van der Waals surface area contributed by atoms with E-state index in [2.05, 4.69) is 10.6 Å². The van der Waals surface area contributed by atoms with Crippen molar-refractivity contribution in [1.82, 2.24) is 15.5 Å². The average Bonchev–Trinajstić information content (AvgIpc) is 2.85. The zero-order valence-electron chi connectivity index (χ0n) is 14.7. The number of hydrogen-bond acceptors (Lipinski definition) is 3. The smallest absolute Gasteiger partial charge is 0.325 e. The van der Waals surface area contributed by atoms with Gasteiger partial charge in [0.2, 0.25) is 5.91 Å². The standard InChI is InChI=1S/C19H24FN3O3/c20-15-6-4-14(5-7-15)8-12-21-16(24)9-13-23-17(25)19(22-18(23)26)10-2-1-3-11-19/h4-7H,1-3,8-13H2,(H,21,24)(H,22,26). The minimum atomic E-state index is -0.742. The SMILES string of the molecule is O=C(CCN1C(=O)NC2(CCCCC2)C1=O)NCCc1ccc(F)cc1. The summed E-state index contributed by atoms with van der Waals surface area (Å²) in [7, 11) is 0. The Labute approximate surface area is 152 Å². The third-order valence-electron chi connectivity index (χ3n) is 5.16. The van der Waals surface area contributed by atoms with Crippen LogP contribution in [0.15, 0.2) is 24.3 Å². The number of rotatable bonds is 6. The summed E-state index contributed by atoms with van der Waals surface area (Å²) in [5.41, 5.74) is 0.189. The predicted octanol–water partition coefficient (Wildman–Crippen LogP) is 2.13. The molecular formula is C19H24FN3O3. The largest absolute Gasteiger partial charge is 0.356 e. The van der Waals surface area contributed by atoms with Gasteiger partial charge in [-0.1, -0.05) is 31.4 Å². The Morgan fingerprint density at radius 2 is 1.85 bits per heavy atom. The van der Waals surface area contributed by atoms with Crippen molar-refractivity contribution in [1.29, 1.82) is 0 Å². The first kappa shape index (κ1) is 18.4. The Hall–Kier alpha value is -2.44. The van der Waals surface area contributed by atoms with E-state index < -0.39 is 11.6 Å². The van der Waals surface area contributed by atoms with Crippen LogP contribution >= 0.6 is 0 Å². The molecule has 6 nitrogen and oxygen atoms in total. The number of carbonyl (C=O) groups is 3. The molecule has 0 aromatic heterocycles. The lowest BCUT2D eigenvalue weighted by Gasteiger charge is -2.30. The van der Waals surface area contributed by atoms with Gasteiger partial charge in [0.1, 0.15) is 11.4 Å². The molecule has 1 spiro atoms. The van der Waals surface area contributed by atoms with Crippen LogP contribution in [0.5, 0.6) is 0 Å². The molecule has 4 amide bonds. The molecule has 140 valence electrons. The summed E-state index contributed by atoms with van der Waals surface area (Å²) in [4.78, 5) is 37.9. The van der Waals surface area contributed by atoms with Crippen molar-refractivity contribution in [2.75, 3.05) is 13.1 Å². The average molecular weight is 361 g/mol. The fourth-order valence-corrected chi connectivity index (χ4v) is 3.67. The normalized spacial score (nSPS) is 18.9. The minimum Gasteiger partial charge on any atom is -0.356 e. The van der Waals surface area contributed by atoms with E-state index in [1.165, 1.54) is 17.0 Å². The molecule has 0 bridgehead atoms. The molecule has 1 aromatic rings. The second-order valence-corrected chi connectivity index (χ2v) is 7.01. The Morgan fingerprint density at radius 3 is 2.54 bits per heavy atom. The number of halogens is 1. The quantitative estimate of drug-likeness (QED) is 0.762. The van der Waals surface area contributed by atoms with Crippen molar-refractivity contribution in [3.63, 3.8) is 0 Å². The van der Waals surface area contributed by atoms with Gasteiger partial charge in [0.25, 0.3) is 5.91 Å². The molecular weight excluding hydrogens is 337 g/mol. The van der Waals surface area contributed by atoms with Crippen LogP contribution in [0.1, 0.15) is 44.1 Å². The van der Waals surface area contributed by atoms with Gasteiger partial charge in [-0.05, 0) is 37.0 Å². The van der Waals surface area contributed by atoms with Gasteiger partial charge in [0, 0.05) is 19.5 Å². The number of imide groups is 1. The Kier molecular flexibility index (Phi) is 5.54. The van der Waals surface area contributed by atoms with Crippen molar-refractivity contribution in [3.05, 3.63) is 35.6 Å². The van der Waals surface area contributed by atoms with Crippen molar-refractivity contribution < 1.29 is 18.8 Å². The van der Waals surface area contributed by atoms with Gasteiger partial charge in [-0.3, -0.25) is 14.5 Å². The molecule has 2 fully saturated rings. The number of urea groups is 1. The van der Waals surface area contributed by atoms with Crippen LogP contribution in [-0.2, 0) is 16.0 Å². The van der Waals surface area contributed by atoms with Crippen LogP contribution in [0.3, 0.4) is 0 Å². The molecule has 3 rings (SSSR count). The third-order valence-corrected chi connectivity index (χ3v) is 5.16. The first-order valence-electron chi connectivity index (χ1n) is 9.15. The van der Waals surface area contributed by atoms with Crippen LogP contribution in [-0.4, -0.2) is 41.4 Å². The topological polar surface area (TPSA) is 78.5 Å². The lowest BCUT2D eigenvalue weighted by Crippen LogP contribution is -2.48. The summed E-state index contributed by atoms with van der Waals surface area (Å²) in [6.45, 7) is 0.517. The highest BCUT2D eigenvalue weighted by atomic mass is 19.1. The molecule has 2 aliphatic rings. The van der Waals surface area contributed by atoms with Crippen LogP contribution in [0.25, 0.3) is 0 Å². The summed E-state index contributed by atoms with van der Waals surface area (Å²) in [5.74, 6) is -0.694. The lowest BCUT2D eigenvalue weighted by atomic mass is 9.82. The van der Waals surface area contributed by atoms with Crippen LogP contribution in [0.4, 0.5) is 9.18 Å². The summed E-state index contributed by atoms with van der Waals surface area (Å²) in [6, 6.07) is 5.73. The zero-order valence-corrected chi connectivity index (χ0v) is 14.7. The summed E-state index contributed by atoms with van der Waals surface area (Å²) < 4.78 is 12.8. The van der Waals surface area contributed by atoms with E-state index in [1.54, 1.807) is 12.1 Å². The summed E-state index contributed by atoms with van der Waals surface area (Å²) in [6.07, 6.45) is 4.99. The van der Waals surface area contributed by atoms with Gasteiger partial charge >= 0.3 is 6.03 Å². The third kappa shape index (κ3) is 4.03. The fourth-order valence-electron chi connectivity index (χ4n) is 3.67. The van der Waals surface area contributed by atoms with Gasteiger partial charge in [-0.25, -0.2) is 9.18 Å². The number of benzene rings is 1. The minimum absolute atomic E-state index is 0.0820. The molecule has 26 heavy (non-hydrogen) atoms. The maximum Gasteiger partial charge on any atom is 0.325 e. The number of nitrogens with one attached hydrogen (secondary N) is 2. The van der Waals surface area contributed by atoms with Crippen LogP contribution < -0.4 is 10.6 Å². The van der Waals surface area contributed by atoms with Gasteiger partial charge in [-0.2, -0.15) is 0 Å². The van der Waals surface area contributed by atoms with Gasteiger partial charge in [0.05, 0.1) is 0 Å². The van der Waals surface area contributed by atoms with Crippen molar-refractivity contribution >= 4 is 17.8 Å². The molecule has 0 unspecified atom stereocenters. The number of hydrogen-bond donors (Lipinski definition) is 2. The maximum absolute atomic E-state index is 12.8. The monoisotopic (exact) mass is 361 g/mol. The van der Waals surface area contributed by atoms with E-state index in [1.807, 2.05) is 0 Å². The second-order valence-electron chi connectivity index (χ2n) is 7.01. The Morgan fingerprint density at radius 1 is 1.15 bits per heavy atom. The van der Waals surface area contributed by atoms with Gasteiger partial charge in [0.15, 0.2) is 0 Å². The first-order chi connectivity index (χ1) is 12.5. The van der Waals surface area contributed by atoms with Crippen molar-refractivity contribution in [2.45, 2.75) is 50.5 Å². The first-order valence-corrected chi connectivity index (χ1v) is 9.15. The maximum atomic E-state index is 12.8. The van der Waals surface area contributed by atoms with Crippen LogP contribution in [0.2, 0.25) is 0 Å².